The molecule has 1 saturated heterocycles. The number of hydrazine groups is 1. The number of nitrogen functional groups attached to an aromatic ring is 1. The molecule has 2 rings (SSSR count). The van der Waals surface area contributed by atoms with Gasteiger partial charge in [-0.15, -0.1) is 0 Å². The van der Waals surface area contributed by atoms with Crippen LogP contribution in [0.2, 0.25) is 0 Å². The average molecular weight is 297 g/mol. The number of nitrogens with zero attached hydrogens (tertiary/aromatic N) is 4. The number of aromatic nitrogens is 3. The van der Waals surface area contributed by atoms with Crippen molar-refractivity contribution in [1.29, 1.82) is 0 Å². The first-order valence-corrected chi connectivity index (χ1v) is 7.23. The van der Waals surface area contributed by atoms with Gasteiger partial charge in [0.05, 0.1) is 19.8 Å². The van der Waals surface area contributed by atoms with E-state index < -0.39 is 0 Å². The molecule has 1 aromatic rings. The van der Waals surface area contributed by atoms with Crippen molar-refractivity contribution >= 4 is 17.8 Å². The van der Waals surface area contributed by atoms with Crippen LogP contribution < -0.4 is 21.5 Å². The van der Waals surface area contributed by atoms with Gasteiger partial charge in [-0.2, -0.15) is 15.0 Å². The van der Waals surface area contributed by atoms with Crippen molar-refractivity contribution < 1.29 is 9.84 Å². The van der Waals surface area contributed by atoms with Gasteiger partial charge in [-0.3, -0.25) is 5.43 Å². The summed E-state index contributed by atoms with van der Waals surface area (Å²) in [4.78, 5) is 15.0. The van der Waals surface area contributed by atoms with Crippen molar-refractivity contribution in [1.82, 2.24) is 15.0 Å². The molecule has 0 amide bonds. The number of nitrogens with two attached hydrogens (primary N) is 1. The third-order valence-electron chi connectivity index (χ3n) is 3.16. The van der Waals surface area contributed by atoms with E-state index in [9.17, 15) is 0 Å². The quantitative estimate of drug-likeness (QED) is 0.287. The molecule has 118 valence electrons. The summed E-state index contributed by atoms with van der Waals surface area (Å²) in [6, 6.07) is 0. The van der Waals surface area contributed by atoms with E-state index in [-0.39, 0.29) is 6.61 Å². The second kappa shape index (κ2) is 8.55. The zero-order chi connectivity index (χ0) is 14.9. The van der Waals surface area contributed by atoms with Crippen LogP contribution in [0.3, 0.4) is 0 Å². The van der Waals surface area contributed by atoms with E-state index in [0.717, 1.165) is 25.9 Å². The minimum Gasteiger partial charge on any atom is -0.394 e. The van der Waals surface area contributed by atoms with Gasteiger partial charge < -0.3 is 20.1 Å². The van der Waals surface area contributed by atoms with Gasteiger partial charge in [-0.25, -0.2) is 5.84 Å². The fourth-order valence-electron chi connectivity index (χ4n) is 2.15. The zero-order valence-electron chi connectivity index (χ0n) is 12.1. The normalized spacial score (nSPS) is 15.0. The maximum atomic E-state index is 8.63. The second-order valence-electron chi connectivity index (χ2n) is 4.74. The Bertz CT molecular complexity index is 426. The van der Waals surface area contributed by atoms with Gasteiger partial charge in [-0.1, -0.05) is 0 Å². The molecule has 0 unspecified atom stereocenters. The van der Waals surface area contributed by atoms with E-state index in [1.54, 1.807) is 0 Å². The molecule has 0 aliphatic carbocycles. The molecule has 1 aliphatic rings. The Hall–Kier alpha value is -1.71. The summed E-state index contributed by atoms with van der Waals surface area (Å²) >= 11 is 0. The van der Waals surface area contributed by atoms with Crippen molar-refractivity contribution in [3.8, 4) is 0 Å². The van der Waals surface area contributed by atoms with Gasteiger partial charge in [0.1, 0.15) is 0 Å². The lowest BCUT2D eigenvalue weighted by Crippen LogP contribution is -2.32. The van der Waals surface area contributed by atoms with Gasteiger partial charge in [0, 0.05) is 19.6 Å². The molecule has 0 atom stereocenters. The Kier molecular flexibility index (Phi) is 6.38. The van der Waals surface area contributed by atoms with Gasteiger partial charge in [0.2, 0.25) is 17.8 Å². The molecule has 0 saturated carbocycles. The molecular weight excluding hydrogens is 274 g/mol. The molecule has 9 heteroatoms. The van der Waals surface area contributed by atoms with Crippen molar-refractivity contribution in [2.75, 3.05) is 55.1 Å². The second-order valence-corrected chi connectivity index (χ2v) is 4.74. The van der Waals surface area contributed by atoms with Crippen molar-refractivity contribution in [2.45, 2.75) is 19.3 Å². The predicted molar refractivity (Wildman–Crippen MR) is 80.1 cm³/mol. The van der Waals surface area contributed by atoms with Crippen LogP contribution in [0, 0.1) is 0 Å². The SMILES string of the molecule is NNc1nc(NCCOCCO)nc(N2CCCCC2)n1. The number of piperidine rings is 1. The molecule has 0 radical (unpaired) electrons. The maximum absolute atomic E-state index is 8.63. The number of aliphatic hydroxyl groups is 1. The van der Waals surface area contributed by atoms with E-state index in [1.165, 1.54) is 6.42 Å². The first kappa shape index (κ1) is 15.7. The van der Waals surface area contributed by atoms with E-state index in [4.69, 9.17) is 15.7 Å². The Balaban J connectivity index is 1.96. The van der Waals surface area contributed by atoms with Crippen molar-refractivity contribution in [2.24, 2.45) is 5.84 Å². The van der Waals surface area contributed by atoms with Crippen LogP contribution in [0.1, 0.15) is 19.3 Å². The van der Waals surface area contributed by atoms with Crippen LogP contribution in [-0.2, 0) is 4.74 Å². The van der Waals surface area contributed by atoms with Crippen LogP contribution in [0.4, 0.5) is 17.8 Å². The highest BCUT2D eigenvalue weighted by molar-refractivity contribution is 5.43. The molecule has 0 bridgehead atoms. The zero-order valence-corrected chi connectivity index (χ0v) is 12.1. The largest absolute Gasteiger partial charge is 0.394 e. The fourth-order valence-corrected chi connectivity index (χ4v) is 2.15. The van der Waals surface area contributed by atoms with Gasteiger partial charge in [-0.05, 0) is 19.3 Å². The monoisotopic (exact) mass is 297 g/mol. The molecule has 5 N–H and O–H groups in total. The van der Waals surface area contributed by atoms with Crippen LogP contribution >= 0.6 is 0 Å². The molecule has 0 spiro atoms. The number of aliphatic hydroxyl groups excluding tert-OH is 1. The lowest BCUT2D eigenvalue weighted by atomic mass is 10.1. The van der Waals surface area contributed by atoms with Crippen molar-refractivity contribution in [3.05, 3.63) is 0 Å². The molecule has 21 heavy (non-hydrogen) atoms. The summed E-state index contributed by atoms with van der Waals surface area (Å²) in [5.41, 5.74) is 2.46. The summed E-state index contributed by atoms with van der Waals surface area (Å²) in [7, 11) is 0. The Morgan fingerprint density at radius 1 is 1.10 bits per heavy atom. The number of hydrogen-bond donors (Lipinski definition) is 4. The molecule has 1 aliphatic heterocycles. The van der Waals surface area contributed by atoms with Gasteiger partial charge in [0.15, 0.2) is 0 Å². The van der Waals surface area contributed by atoms with Crippen LogP contribution in [0.25, 0.3) is 0 Å². The summed E-state index contributed by atoms with van der Waals surface area (Å²) in [6.45, 7) is 3.27. The van der Waals surface area contributed by atoms with E-state index in [2.05, 4.69) is 30.6 Å². The van der Waals surface area contributed by atoms with Crippen LogP contribution in [-0.4, -0.2) is 59.5 Å². The summed E-state index contributed by atoms with van der Waals surface area (Å²) in [5.74, 6) is 6.85. The average Bonchev–Trinajstić information content (AvgIpc) is 2.55. The minimum absolute atomic E-state index is 0.0199. The van der Waals surface area contributed by atoms with E-state index >= 15 is 0 Å². The third-order valence-corrected chi connectivity index (χ3v) is 3.16. The van der Waals surface area contributed by atoms with Crippen LogP contribution in [0.5, 0.6) is 0 Å². The first-order valence-electron chi connectivity index (χ1n) is 7.23. The van der Waals surface area contributed by atoms with Gasteiger partial charge >= 0.3 is 0 Å². The Morgan fingerprint density at radius 3 is 2.57 bits per heavy atom. The lowest BCUT2D eigenvalue weighted by Gasteiger charge is -2.26. The topological polar surface area (TPSA) is 121 Å². The number of hydrogen-bond acceptors (Lipinski definition) is 9. The highest BCUT2D eigenvalue weighted by Crippen LogP contribution is 2.17. The van der Waals surface area contributed by atoms with E-state index in [1.807, 2.05) is 0 Å². The third kappa shape index (κ3) is 4.96. The highest BCUT2D eigenvalue weighted by atomic mass is 16.5. The molecule has 1 fully saturated rings. The predicted octanol–water partition coefficient (Wildman–Crippen LogP) is -0.432. The maximum Gasteiger partial charge on any atom is 0.243 e. The smallest absolute Gasteiger partial charge is 0.243 e. The van der Waals surface area contributed by atoms with E-state index in [0.29, 0.717) is 37.6 Å². The number of nitrogens with one attached hydrogen (secondary N) is 2. The summed E-state index contributed by atoms with van der Waals surface area (Å²) < 4.78 is 5.17. The Labute approximate surface area is 123 Å². The Morgan fingerprint density at radius 2 is 1.86 bits per heavy atom. The number of anilines is 3. The lowest BCUT2D eigenvalue weighted by molar-refractivity contribution is 0.0991. The summed E-state index contributed by atoms with van der Waals surface area (Å²) in [6.07, 6.45) is 3.54. The molecule has 9 nitrogen and oxygen atoms in total. The standard InChI is InChI=1S/C12H23N7O2/c13-18-11-15-10(14-4-8-21-9-7-20)16-12(17-11)19-5-2-1-3-6-19/h20H,1-9,13H2,(H2,14,15,16,17,18). The molecular formula is C12H23N7O2. The number of rotatable bonds is 8. The minimum atomic E-state index is 0.0199. The molecule has 0 aromatic carbocycles. The number of ether oxygens (including phenoxy) is 1. The highest BCUT2D eigenvalue weighted by Gasteiger charge is 2.15. The molecule has 2 heterocycles. The summed E-state index contributed by atoms with van der Waals surface area (Å²) in [5, 5.41) is 11.7. The van der Waals surface area contributed by atoms with Crippen LogP contribution in [0.15, 0.2) is 0 Å². The first-order chi connectivity index (χ1) is 10.3. The van der Waals surface area contributed by atoms with Crippen molar-refractivity contribution in [3.63, 3.8) is 0 Å². The van der Waals surface area contributed by atoms with Gasteiger partial charge in [0.25, 0.3) is 0 Å². The fraction of sp³-hybridized carbons (Fsp3) is 0.750. The molecule has 1 aromatic heterocycles.